The minimum atomic E-state index is -1.06. The molecule has 2 bridgehead atoms. The van der Waals surface area contributed by atoms with E-state index in [1.165, 1.54) is 193 Å². The van der Waals surface area contributed by atoms with Crippen molar-refractivity contribution >= 4 is 11.9 Å². The van der Waals surface area contributed by atoms with Crippen LogP contribution in [-0.2, 0) is 14.3 Å². The molecular weight excluding hydrogens is 636 g/mol. The molecule has 0 saturated carbocycles. The number of nitrogens with zero attached hydrogens (tertiary/aromatic N) is 2. The average Bonchev–Trinajstić information content (AvgIpc) is 3.72. The Morgan fingerprint density at radius 3 is 0.843 bits per heavy atom. The molecule has 7 nitrogen and oxygen atoms in total. The molecule has 2 aliphatic heterocycles. The topological polar surface area (TPSA) is 90.3 Å². The summed E-state index contributed by atoms with van der Waals surface area (Å²) in [6.07, 6.45) is 41.2. The first-order valence-electron chi connectivity index (χ1n) is 22.1. The standard InChI is InChI=1S/2C18H39N.C8H10O5/c2*1-4-5-6-7-8-9-10-11-12-13-14-15-16-17-18-19(2)3;9-7(10)5-3-1-2-4(13-3)6(5)8(11)12/h2*4-18H2,1-3H3;3-6H,1-2H2,(H,9,10)(H,11,12). The van der Waals surface area contributed by atoms with Crippen LogP contribution in [0.25, 0.3) is 0 Å². The highest BCUT2D eigenvalue weighted by molar-refractivity contribution is 5.82. The average molecular weight is 725 g/mol. The van der Waals surface area contributed by atoms with Gasteiger partial charge < -0.3 is 24.7 Å². The Balaban J connectivity index is 0.000000747. The van der Waals surface area contributed by atoms with Crippen LogP contribution in [-0.4, -0.2) is 85.4 Å². The molecule has 2 rings (SSSR count). The number of hydrogen-bond donors (Lipinski definition) is 2. The van der Waals surface area contributed by atoms with Crippen LogP contribution in [0.2, 0.25) is 0 Å². The van der Waals surface area contributed by atoms with E-state index in [-0.39, 0.29) is 12.2 Å². The molecule has 0 aromatic rings. The van der Waals surface area contributed by atoms with Gasteiger partial charge in [-0.15, -0.1) is 0 Å². The van der Waals surface area contributed by atoms with E-state index in [0.29, 0.717) is 12.8 Å². The number of rotatable bonds is 32. The van der Waals surface area contributed by atoms with Gasteiger partial charge in [-0.25, -0.2) is 0 Å². The molecule has 7 heteroatoms. The van der Waals surface area contributed by atoms with Crippen LogP contribution in [0.3, 0.4) is 0 Å². The highest BCUT2D eigenvalue weighted by Crippen LogP contribution is 2.43. The Labute approximate surface area is 317 Å². The van der Waals surface area contributed by atoms with Crippen LogP contribution in [0.4, 0.5) is 0 Å². The van der Waals surface area contributed by atoms with Crippen LogP contribution < -0.4 is 0 Å². The van der Waals surface area contributed by atoms with Crippen LogP contribution in [0.5, 0.6) is 0 Å². The Hall–Kier alpha value is -1.18. The molecule has 0 amide bonds. The number of carbonyl (C=O) groups is 2. The summed E-state index contributed by atoms with van der Waals surface area (Å²) in [5.74, 6) is -3.81. The number of carboxylic acid groups (broad SMARTS) is 2. The summed E-state index contributed by atoms with van der Waals surface area (Å²) >= 11 is 0. The molecule has 2 fully saturated rings. The maximum Gasteiger partial charge on any atom is 0.310 e. The SMILES string of the molecule is CCCCCCCCCCCCCCCCN(C)C.CCCCCCCCCCCCCCCCN(C)C.O=C(O)C1C2CCC(O2)C1C(=O)O. The molecule has 304 valence electrons. The third kappa shape index (κ3) is 29.9. The third-order valence-electron chi connectivity index (χ3n) is 10.8. The van der Waals surface area contributed by atoms with Crippen LogP contribution >= 0.6 is 0 Å². The van der Waals surface area contributed by atoms with Crippen molar-refractivity contribution in [2.45, 2.75) is 219 Å². The molecule has 2 saturated heterocycles. The summed E-state index contributed by atoms with van der Waals surface area (Å²) in [5.41, 5.74) is 0. The number of fused-ring (bicyclic) bond motifs is 2. The zero-order chi connectivity index (χ0) is 38.0. The minimum Gasteiger partial charge on any atom is -0.481 e. The van der Waals surface area contributed by atoms with Crippen LogP contribution in [0, 0.1) is 11.8 Å². The maximum atomic E-state index is 10.8. The van der Waals surface area contributed by atoms with Gasteiger partial charge in [0.1, 0.15) is 0 Å². The van der Waals surface area contributed by atoms with Crippen molar-refractivity contribution in [1.82, 2.24) is 9.80 Å². The molecule has 4 unspecified atom stereocenters. The van der Waals surface area contributed by atoms with E-state index >= 15 is 0 Å². The van der Waals surface area contributed by atoms with E-state index in [1.54, 1.807) is 0 Å². The van der Waals surface area contributed by atoms with E-state index in [1.807, 2.05) is 0 Å². The number of ether oxygens (including phenoxy) is 1. The van der Waals surface area contributed by atoms with E-state index in [9.17, 15) is 9.59 Å². The van der Waals surface area contributed by atoms with E-state index in [2.05, 4.69) is 51.8 Å². The minimum absolute atomic E-state index is 0.386. The van der Waals surface area contributed by atoms with Gasteiger partial charge in [0.2, 0.25) is 0 Å². The number of unbranched alkanes of at least 4 members (excludes halogenated alkanes) is 26. The number of hydrogen-bond acceptors (Lipinski definition) is 5. The molecule has 2 aliphatic rings. The van der Waals surface area contributed by atoms with Crippen LogP contribution in [0.15, 0.2) is 0 Å². The van der Waals surface area contributed by atoms with Crippen molar-refractivity contribution in [2.75, 3.05) is 41.3 Å². The molecular formula is C44H88N2O5. The Morgan fingerprint density at radius 2 is 0.647 bits per heavy atom. The molecule has 51 heavy (non-hydrogen) atoms. The highest BCUT2D eigenvalue weighted by atomic mass is 16.5. The van der Waals surface area contributed by atoms with Gasteiger partial charge in [-0.3, -0.25) is 9.59 Å². The first-order chi connectivity index (χ1) is 24.6. The Bertz CT molecular complexity index is 715. The Kier molecular flexibility index (Phi) is 35.0. The van der Waals surface area contributed by atoms with Gasteiger partial charge in [0.05, 0.1) is 24.0 Å². The van der Waals surface area contributed by atoms with Gasteiger partial charge in [0.15, 0.2) is 0 Å². The molecule has 0 aliphatic carbocycles. The smallest absolute Gasteiger partial charge is 0.310 e. The number of aliphatic carboxylic acids is 2. The summed E-state index contributed by atoms with van der Waals surface area (Å²) in [4.78, 5) is 26.1. The normalized spacial score (nSPS) is 19.2. The van der Waals surface area contributed by atoms with Gasteiger partial charge in [-0.1, -0.05) is 181 Å². The van der Waals surface area contributed by atoms with Crippen molar-refractivity contribution < 1.29 is 24.5 Å². The monoisotopic (exact) mass is 725 g/mol. The molecule has 0 aromatic heterocycles. The summed E-state index contributed by atoms with van der Waals surface area (Å²) in [6.45, 7) is 7.11. The van der Waals surface area contributed by atoms with E-state index < -0.39 is 23.8 Å². The summed E-state index contributed by atoms with van der Waals surface area (Å²) < 4.78 is 5.26. The molecule has 2 heterocycles. The van der Waals surface area contributed by atoms with Gasteiger partial charge in [-0.2, -0.15) is 0 Å². The predicted molar refractivity (Wildman–Crippen MR) is 218 cm³/mol. The first-order valence-corrected chi connectivity index (χ1v) is 22.1. The van der Waals surface area contributed by atoms with Crippen molar-refractivity contribution in [3.8, 4) is 0 Å². The van der Waals surface area contributed by atoms with Gasteiger partial charge >= 0.3 is 11.9 Å². The number of carboxylic acids is 2. The van der Waals surface area contributed by atoms with Crippen molar-refractivity contribution in [2.24, 2.45) is 11.8 Å². The second kappa shape index (κ2) is 35.8. The van der Waals surface area contributed by atoms with Crippen molar-refractivity contribution in [3.05, 3.63) is 0 Å². The lowest BCUT2D eigenvalue weighted by atomic mass is 9.79. The molecule has 4 atom stereocenters. The molecule has 0 spiro atoms. The van der Waals surface area contributed by atoms with Gasteiger partial charge in [0.25, 0.3) is 0 Å². The summed E-state index contributed by atoms with van der Waals surface area (Å²) in [5, 5.41) is 17.6. The molecule has 0 radical (unpaired) electrons. The summed E-state index contributed by atoms with van der Waals surface area (Å²) in [6, 6.07) is 0. The maximum absolute atomic E-state index is 10.8. The van der Waals surface area contributed by atoms with Crippen molar-refractivity contribution in [1.29, 1.82) is 0 Å². The third-order valence-corrected chi connectivity index (χ3v) is 10.8. The fraction of sp³-hybridized carbons (Fsp3) is 0.955. The second-order valence-corrected chi connectivity index (χ2v) is 16.3. The largest absolute Gasteiger partial charge is 0.481 e. The lowest BCUT2D eigenvalue weighted by molar-refractivity contribution is -0.154. The lowest BCUT2D eigenvalue weighted by Crippen LogP contribution is -2.38. The van der Waals surface area contributed by atoms with Gasteiger partial charge in [-0.05, 0) is 67.0 Å². The van der Waals surface area contributed by atoms with Crippen LogP contribution in [0.1, 0.15) is 206 Å². The second-order valence-electron chi connectivity index (χ2n) is 16.3. The van der Waals surface area contributed by atoms with Crippen molar-refractivity contribution in [3.63, 3.8) is 0 Å². The van der Waals surface area contributed by atoms with E-state index in [4.69, 9.17) is 14.9 Å². The fourth-order valence-electron chi connectivity index (χ4n) is 7.55. The first kappa shape index (κ1) is 49.8. The predicted octanol–water partition coefficient (Wildman–Crippen LogP) is 12.0. The fourth-order valence-corrected chi connectivity index (χ4v) is 7.55. The molecule has 0 aromatic carbocycles. The lowest BCUT2D eigenvalue weighted by Gasteiger charge is -2.20. The summed E-state index contributed by atoms with van der Waals surface area (Å²) in [7, 11) is 8.68. The zero-order valence-corrected chi connectivity index (χ0v) is 35.0. The molecule has 2 N–H and O–H groups in total. The quantitative estimate of drug-likeness (QED) is 0.0667. The zero-order valence-electron chi connectivity index (χ0n) is 35.0. The van der Waals surface area contributed by atoms with E-state index in [0.717, 1.165) is 0 Å². The Morgan fingerprint density at radius 1 is 0.431 bits per heavy atom. The van der Waals surface area contributed by atoms with Gasteiger partial charge in [0, 0.05) is 0 Å². The highest BCUT2D eigenvalue weighted by Gasteiger charge is 2.55.